The maximum absolute atomic E-state index is 13.3. The Morgan fingerprint density at radius 3 is 2.24 bits per heavy atom. The van der Waals surface area contributed by atoms with Crippen LogP contribution < -0.4 is 5.73 Å². The Morgan fingerprint density at radius 2 is 1.82 bits per heavy atom. The summed E-state index contributed by atoms with van der Waals surface area (Å²) >= 11 is 0. The zero-order valence-corrected chi connectivity index (χ0v) is 8.71. The third-order valence-electron chi connectivity index (χ3n) is 1.76. The van der Waals surface area contributed by atoms with Gasteiger partial charge in [0, 0.05) is 5.56 Å². The van der Waals surface area contributed by atoms with Gasteiger partial charge in [-0.2, -0.15) is 0 Å². The van der Waals surface area contributed by atoms with E-state index in [2.05, 4.69) is 10.7 Å². The molecule has 0 bridgehead atoms. The Morgan fingerprint density at radius 1 is 1.29 bits per heavy atom. The predicted octanol–water partition coefficient (Wildman–Crippen LogP) is 0.588. The Kier molecular flexibility index (Phi) is 3.78. The van der Waals surface area contributed by atoms with E-state index in [-0.39, 0.29) is 5.56 Å². The molecule has 17 heavy (non-hydrogen) atoms. The van der Waals surface area contributed by atoms with Gasteiger partial charge < -0.3 is 10.5 Å². The van der Waals surface area contributed by atoms with E-state index >= 15 is 0 Å². The van der Waals surface area contributed by atoms with Gasteiger partial charge in [0.25, 0.3) is 5.91 Å². The van der Waals surface area contributed by atoms with Crippen molar-refractivity contribution in [2.45, 2.75) is 0 Å². The monoisotopic (exact) mass is 239 g/mol. The SMILES string of the molecule is COC(=O)c1c(F)cc(C#CC(N)=O)cc1F. The van der Waals surface area contributed by atoms with Crippen molar-refractivity contribution in [3.63, 3.8) is 0 Å². The van der Waals surface area contributed by atoms with Gasteiger partial charge in [0.2, 0.25) is 0 Å². The van der Waals surface area contributed by atoms with Crippen LogP contribution in [0.3, 0.4) is 0 Å². The van der Waals surface area contributed by atoms with E-state index in [1.54, 1.807) is 0 Å². The van der Waals surface area contributed by atoms with Gasteiger partial charge in [-0.05, 0) is 18.1 Å². The summed E-state index contributed by atoms with van der Waals surface area (Å²) < 4.78 is 30.9. The van der Waals surface area contributed by atoms with Gasteiger partial charge in [0.15, 0.2) is 0 Å². The van der Waals surface area contributed by atoms with Gasteiger partial charge in [-0.1, -0.05) is 5.92 Å². The van der Waals surface area contributed by atoms with Crippen molar-refractivity contribution >= 4 is 11.9 Å². The van der Waals surface area contributed by atoms with Crippen molar-refractivity contribution in [3.8, 4) is 11.8 Å². The first kappa shape index (κ1) is 12.6. The van der Waals surface area contributed by atoms with Crippen LogP contribution in [-0.2, 0) is 9.53 Å². The molecule has 1 aromatic rings. The van der Waals surface area contributed by atoms with Crippen LogP contribution in [0.4, 0.5) is 8.78 Å². The third kappa shape index (κ3) is 3.01. The highest BCUT2D eigenvalue weighted by Crippen LogP contribution is 2.15. The zero-order chi connectivity index (χ0) is 13.0. The van der Waals surface area contributed by atoms with Gasteiger partial charge in [-0.15, -0.1) is 0 Å². The molecule has 2 N–H and O–H groups in total. The van der Waals surface area contributed by atoms with Gasteiger partial charge in [-0.25, -0.2) is 13.6 Å². The van der Waals surface area contributed by atoms with E-state index in [0.717, 1.165) is 19.2 Å². The highest BCUT2D eigenvalue weighted by Gasteiger charge is 2.18. The van der Waals surface area contributed by atoms with Crippen LogP contribution in [0.2, 0.25) is 0 Å². The number of benzene rings is 1. The zero-order valence-electron chi connectivity index (χ0n) is 8.71. The Balaban J connectivity index is 3.24. The number of hydrogen-bond donors (Lipinski definition) is 1. The van der Waals surface area contributed by atoms with E-state index in [1.807, 2.05) is 5.92 Å². The molecule has 0 heterocycles. The predicted molar refractivity (Wildman–Crippen MR) is 53.8 cm³/mol. The molecule has 0 saturated carbocycles. The summed E-state index contributed by atoms with van der Waals surface area (Å²) in [5.41, 5.74) is 3.83. The fourth-order valence-electron chi connectivity index (χ4n) is 1.08. The highest BCUT2D eigenvalue weighted by atomic mass is 19.1. The topological polar surface area (TPSA) is 69.4 Å². The number of nitrogens with two attached hydrogens (primary N) is 1. The van der Waals surface area contributed by atoms with Crippen LogP contribution in [0.1, 0.15) is 15.9 Å². The number of amides is 1. The molecule has 4 nitrogen and oxygen atoms in total. The number of primary amides is 1. The molecule has 0 atom stereocenters. The Hall–Kier alpha value is -2.42. The normalized spacial score (nSPS) is 9.12. The van der Waals surface area contributed by atoms with Crippen LogP contribution >= 0.6 is 0 Å². The molecule has 0 fully saturated rings. The quantitative estimate of drug-likeness (QED) is 0.576. The highest BCUT2D eigenvalue weighted by molar-refractivity contribution is 5.93. The number of carbonyl (C=O) groups is 2. The van der Waals surface area contributed by atoms with Crippen molar-refractivity contribution in [3.05, 3.63) is 34.9 Å². The molecular formula is C11H7F2NO3. The number of esters is 1. The largest absolute Gasteiger partial charge is 0.465 e. The Bertz CT molecular complexity index is 520. The summed E-state index contributed by atoms with van der Waals surface area (Å²) in [7, 11) is 1.00. The molecule has 0 aliphatic heterocycles. The van der Waals surface area contributed by atoms with Gasteiger partial charge >= 0.3 is 5.97 Å². The molecule has 1 aromatic carbocycles. The molecule has 1 rings (SSSR count). The lowest BCUT2D eigenvalue weighted by atomic mass is 10.1. The lowest BCUT2D eigenvalue weighted by molar-refractivity contribution is -0.112. The Labute approximate surface area is 95.4 Å². The number of carbonyl (C=O) groups excluding carboxylic acids is 2. The second-order valence-electron chi connectivity index (χ2n) is 2.92. The second-order valence-corrected chi connectivity index (χ2v) is 2.92. The minimum atomic E-state index is -1.13. The third-order valence-corrected chi connectivity index (χ3v) is 1.76. The van der Waals surface area contributed by atoms with Crippen molar-refractivity contribution in [1.82, 2.24) is 0 Å². The smallest absolute Gasteiger partial charge is 0.343 e. The molecular weight excluding hydrogens is 232 g/mol. The summed E-state index contributed by atoms with van der Waals surface area (Å²) in [6.45, 7) is 0. The van der Waals surface area contributed by atoms with Crippen molar-refractivity contribution in [2.24, 2.45) is 5.73 Å². The van der Waals surface area contributed by atoms with E-state index in [9.17, 15) is 18.4 Å². The average molecular weight is 239 g/mol. The number of methoxy groups -OCH3 is 1. The summed E-state index contributed by atoms with van der Waals surface area (Å²) in [5.74, 6) is -0.226. The van der Waals surface area contributed by atoms with Crippen LogP contribution in [0.25, 0.3) is 0 Å². The second kappa shape index (κ2) is 5.07. The first-order valence-electron chi connectivity index (χ1n) is 4.34. The van der Waals surface area contributed by atoms with Crippen LogP contribution in [0.15, 0.2) is 12.1 Å². The minimum Gasteiger partial charge on any atom is -0.465 e. The standard InChI is InChI=1S/C11H7F2NO3/c1-17-11(16)10-7(12)4-6(5-8(10)13)2-3-9(14)15/h4-5H,1H3,(H2,14,15). The average Bonchev–Trinajstić information content (AvgIpc) is 2.25. The van der Waals surface area contributed by atoms with Crippen molar-refractivity contribution < 1.29 is 23.1 Å². The van der Waals surface area contributed by atoms with E-state index in [4.69, 9.17) is 5.73 Å². The molecule has 6 heteroatoms. The molecule has 0 saturated heterocycles. The van der Waals surface area contributed by atoms with Gasteiger partial charge in [-0.3, -0.25) is 4.79 Å². The van der Waals surface area contributed by atoms with Crippen LogP contribution in [-0.4, -0.2) is 19.0 Å². The lowest BCUT2D eigenvalue weighted by Gasteiger charge is -2.03. The summed E-state index contributed by atoms with van der Waals surface area (Å²) in [6, 6.07) is 1.62. The van der Waals surface area contributed by atoms with Crippen LogP contribution in [0, 0.1) is 23.5 Å². The molecule has 0 aliphatic carbocycles. The molecule has 88 valence electrons. The minimum absolute atomic E-state index is 0.105. The summed E-state index contributed by atoms with van der Waals surface area (Å²) in [5, 5.41) is 0. The fraction of sp³-hybridized carbons (Fsp3) is 0.0909. The van der Waals surface area contributed by atoms with E-state index < -0.39 is 29.1 Å². The van der Waals surface area contributed by atoms with E-state index in [0.29, 0.717) is 0 Å². The lowest BCUT2D eigenvalue weighted by Crippen LogP contribution is -2.08. The maximum atomic E-state index is 13.3. The summed E-state index contributed by atoms with van der Waals surface area (Å²) in [6.07, 6.45) is 0. The molecule has 0 radical (unpaired) electrons. The van der Waals surface area contributed by atoms with Crippen molar-refractivity contribution in [1.29, 1.82) is 0 Å². The fourth-order valence-corrected chi connectivity index (χ4v) is 1.08. The maximum Gasteiger partial charge on any atom is 0.343 e. The van der Waals surface area contributed by atoms with Gasteiger partial charge in [0.1, 0.15) is 17.2 Å². The molecule has 0 aromatic heterocycles. The van der Waals surface area contributed by atoms with E-state index in [1.165, 1.54) is 0 Å². The molecule has 0 aliphatic rings. The number of rotatable bonds is 1. The number of hydrogen-bond acceptors (Lipinski definition) is 3. The van der Waals surface area contributed by atoms with Gasteiger partial charge in [0.05, 0.1) is 7.11 Å². The molecule has 0 unspecified atom stereocenters. The van der Waals surface area contributed by atoms with Crippen LogP contribution in [0.5, 0.6) is 0 Å². The van der Waals surface area contributed by atoms with Crippen molar-refractivity contribution in [2.75, 3.05) is 7.11 Å². The molecule has 0 spiro atoms. The first-order valence-corrected chi connectivity index (χ1v) is 4.34. The number of halogens is 2. The number of ether oxygens (including phenoxy) is 1. The molecule has 1 amide bonds. The summed E-state index contributed by atoms with van der Waals surface area (Å²) in [4.78, 5) is 21.4. The first-order chi connectivity index (χ1) is 7.95.